The summed E-state index contributed by atoms with van der Waals surface area (Å²) in [5.41, 5.74) is 3.75. The first-order chi connectivity index (χ1) is 13.4. The van der Waals surface area contributed by atoms with Gasteiger partial charge in [0.05, 0.1) is 12.5 Å². The molecule has 2 aromatic carbocycles. The van der Waals surface area contributed by atoms with Gasteiger partial charge < -0.3 is 10.4 Å². The van der Waals surface area contributed by atoms with Crippen LogP contribution in [0, 0.1) is 6.92 Å². The molecule has 0 saturated heterocycles. The predicted octanol–water partition coefficient (Wildman–Crippen LogP) is 4.66. The third-order valence-corrected chi connectivity index (χ3v) is 4.48. The number of nitrogens with zero attached hydrogens (tertiary/aromatic N) is 1. The molecule has 0 fully saturated rings. The van der Waals surface area contributed by atoms with Gasteiger partial charge in [0.25, 0.3) is 5.91 Å². The zero-order chi connectivity index (χ0) is 20.1. The van der Waals surface area contributed by atoms with Gasteiger partial charge in [-0.15, -0.1) is 0 Å². The number of nitrogens with one attached hydrogen (secondary N) is 1. The molecule has 142 valence electrons. The van der Waals surface area contributed by atoms with Crippen molar-refractivity contribution in [2.75, 3.05) is 0 Å². The van der Waals surface area contributed by atoms with Crippen LogP contribution in [0.2, 0.25) is 5.15 Å². The minimum Gasteiger partial charge on any atom is -0.481 e. The number of amides is 1. The Balaban J connectivity index is 1.83. The fourth-order valence-electron chi connectivity index (χ4n) is 2.97. The highest BCUT2D eigenvalue weighted by atomic mass is 35.5. The van der Waals surface area contributed by atoms with Gasteiger partial charge in [0.2, 0.25) is 0 Å². The Kier molecular flexibility index (Phi) is 6.06. The van der Waals surface area contributed by atoms with Gasteiger partial charge in [0.1, 0.15) is 5.15 Å². The molecule has 2 N–H and O–H groups in total. The summed E-state index contributed by atoms with van der Waals surface area (Å²) < 4.78 is 0. The van der Waals surface area contributed by atoms with Crippen LogP contribution in [-0.2, 0) is 4.79 Å². The van der Waals surface area contributed by atoms with E-state index in [1.807, 2.05) is 54.6 Å². The number of carboxylic acids is 1. The highest BCUT2D eigenvalue weighted by Gasteiger charge is 2.19. The summed E-state index contributed by atoms with van der Waals surface area (Å²) in [7, 11) is 0. The van der Waals surface area contributed by atoms with Crippen LogP contribution in [0.1, 0.15) is 34.1 Å². The molecular formula is C22H19ClN2O3. The van der Waals surface area contributed by atoms with Crippen LogP contribution in [0.15, 0.2) is 66.7 Å². The molecule has 0 aliphatic rings. The van der Waals surface area contributed by atoms with Gasteiger partial charge in [0, 0.05) is 11.3 Å². The van der Waals surface area contributed by atoms with Gasteiger partial charge in [-0.25, -0.2) is 4.98 Å². The molecule has 0 aliphatic carbocycles. The summed E-state index contributed by atoms with van der Waals surface area (Å²) in [6, 6.07) is 19.8. The first kappa shape index (κ1) is 19.6. The molecule has 0 bridgehead atoms. The summed E-state index contributed by atoms with van der Waals surface area (Å²) in [6.45, 7) is 1.74. The summed E-state index contributed by atoms with van der Waals surface area (Å²) in [4.78, 5) is 28.0. The van der Waals surface area contributed by atoms with Crippen molar-refractivity contribution in [1.29, 1.82) is 0 Å². The van der Waals surface area contributed by atoms with E-state index in [2.05, 4.69) is 10.3 Å². The molecule has 6 heteroatoms. The van der Waals surface area contributed by atoms with Gasteiger partial charge in [-0.1, -0.05) is 66.2 Å². The molecule has 0 aliphatic heterocycles. The van der Waals surface area contributed by atoms with Crippen LogP contribution in [0.4, 0.5) is 0 Å². The van der Waals surface area contributed by atoms with E-state index in [1.165, 1.54) is 6.07 Å². The predicted molar refractivity (Wildman–Crippen MR) is 108 cm³/mol. The van der Waals surface area contributed by atoms with E-state index >= 15 is 0 Å². The van der Waals surface area contributed by atoms with E-state index in [4.69, 9.17) is 11.6 Å². The van der Waals surface area contributed by atoms with Gasteiger partial charge in [-0.05, 0) is 35.7 Å². The number of pyridine rings is 1. The number of hydrogen-bond acceptors (Lipinski definition) is 3. The normalized spacial score (nSPS) is 11.6. The Morgan fingerprint density at radius 1 is 1.04 bits per heavy atom. The molecule has 5 nitrogen and oxygen atoms in total. The van der Waals surface area contributed by atoms with Crippen molar-refractivity contribution in [3.63, 3.8) is 0 Å². The molecule has 1 heterocycles. The quantitative estimate of drug-likeness (QED) is 0.596. The number of aryl methyl sites for hydroxylation is 1. The smallest absolute Gasteiger partial charge is 0.305 e. The van der Waals surface area contributed by atoms with Crippen molar-refractivity contribution in [1.82, 2.24) is 10.3 Å². The highest BCUT2D eigenvalue weighted by molar-refractivity contribution is 6.29. The second kappa shape index (κ2) is 8.67. The van der Waals surface area contributed by atoms with E-state index < -0.39 is 17.9 Å². The minimum atomic E-state index is -0.999. The molecule has 0 radical (unpaired) electrons. The largest absolute Gasteiger partial charge is 0.481 e. The van der Waals surface area contributed by atoms with Gasteiger partial charge in [-0.3, -0.25) is 9.59 Å². The topological polar surface area (TPSA) is 79.3 Å². The molecular weight excluding hydrogens is 376 g/mol. The highest BCUT2D eigenvalue weighted by Crippen LogP contribution is 2.24. The monoisotopic (exact) mass is 394 g/mol. The number of carboxylic acid groups (broad SMARTS) is 1. The first-order valence-electron chi connectivity index (χ1n) is 8.74. The van der Waals surface area contributed by atoms with E-state index in [-0.39, 0.29) is 11.6 Å². The number of carbonyl (C=O) groups is 2. The number of aromatic nitrogens is 1. The maximum Gasteiger partial charge on any atom is 0.305 e. The lowest BCUT2D eigenvalue weighted by Gasteiger charge is -2.18. The van der Waals surface area contributed by atoms with Crippen LogP contribution in [0.5, 0.6) is 0 Å². The number of aliphatic carboxylic acids is 1. The fourth-order valence-corrected chi connectivity index (χ4v) is 3.22. The Bertz CT molecular complexity index is 968. The van der Waals surface area contributed by atoms with E-state index in [0.717, 1.165) is 11.1 Å². The molecule has 28 heavy (non-hydrogen) atoms. The maximum absolute atomic E-state index is 12.6. The number of benzene rings is 2. The molecule has 0 saturated carbocycles. The molecule has 3 aromatic rings. The van der Waals surface area contributed by atoms with Crippen LogP contribution in [0.3, 0.4) is 0 Å². The lowest BCUT2D eigenvalue weighted by Crippen LogP contribution is -2.30. The third-order valence-electron chi connectivity index (χ3n) is 4.29. The average Bonchev–Trinajstić information content (AvgIpc) is 2.67. The first-order valence-corrected chi connectivity index (χ1v) is 9.12. The maximum atomic E-state index is 12.6. The lowest BCUT2D eigenvalue weighted by atomic mass is 9.99. The van der Waals surface area contributed by atoms with E-state index in [9.17, 15) is 14.7 Å². The standard InChI is InChI=1S/C22H19ClN2O3/c1-14-11-18(12-20(23)24-14)22(28)25-19(13-21(26)27)17-9-7-16(8-10-17)15-5-3-2-4-6-15/h2-12,19H,13H2,1H3,(H,25,28)(H,26,27). The lowest BCUT2D eigenvalue weighted by molar-refractivity contribution is -0.137. The number of hydrogen-bond donors (Lipinski definition) is 2. The average molecular weight is 395 g/mol. The minimum absolute atomic E-state index is 0.215. The Morgan fingerprint density at radius 2 is 1.68 bits per heavy atom. The van der Waals surface area contributed by atoms with Crippen LogP contribution in [0.25, 0.3) is 11.1 Å². The summed E-state index contributed by atoms with van der Waals surface area (Å²) in [5.74, 6) is -1.40. The summed E-state index contributed by atoms with van der Waals surface area (Å²) in [6.07, 6.45) is -0.228. The zero-order valence-electron chi connectivity index (χ0n) is 15.2. The second-order valence-corrected chi connectivity index (χ2v) is 6.82. The molecule has 1 aromatic heterocycles. The van der Waals surface area contributed by atoms with Crippen molar-refractivity contribution in [3.8, 4) is 11.1 Å². The summed E-state index contributed by atoms with van der Waals surface area (Å²) in [5, 5.41) is 12.3. The van der Waals surface area contributed by atoms with Crippen LogP contribution < -0.4 is 5.32 Å². The van der Waals surface area contributed by atoms with E-state index in [1.54, 1.807) is 13.0 Å². The number of halogens is 1. The van der Waals surface area contributed by atoms with Crippen molar-refractivity contribution < 1.29 is 14.7 Å². The third kappa shape index (κ3) is 4.96. The Hall–Kier alpha value is -3.18. The SMILES string of the molecule is Cc1cc(C(=O)NC(CC(=O)O)c2ccc(-c3ccccc3)cc2)cc(Cl)n1. The molecule has 1 atom stereocenters. The van der Waals surface area contributed by atoms with E-state index in [0.29, 0.717) is 16.8 Å². The van der Waals surface area contributed by atoms with Crippen LogP contribution in [-0.4, -0.2) is 22.0 Å². The van der Waals surface area contributed by atoms with Crippen LogP contribution >= 0.6 is 11.6 Å². The van der Waals surface area contributed by atoms with Crippen molar-refractivity contribution >= 4 is 23.5 Å². The number of rotatable bonds is 6. The Morgan fingerprint density at radius 3 is 2.29 bits per heavy atom. The molecule has 1 amide bonds. The Labute approximate surface area is 168 Å². The molecule has 3 rings (SSSR count). The molecule has 1 unspecified atom stereocenters. The van der Waals surface area contributed by atoms with Gasteiger partial charge >= 0.3 is 5.97 Å². The van der Waals surface area contributed by atoms with Crippen molar-refractivity contribution in [2.24, 2.45) is 0 Å². The van der Waals surface area contributed by atoms with Gasteiger partial charge in [0.15, 0.2) is 0 Å². The number of carbonyl (C=O) groups excluding carboxylic acids is 1. The fraction of sp³-hybridized carbons (Fsp3) is 0.136. The second-order valence-electron chi connectivity index (χ2n) is 6.43. The van der Waals surface area contributed by atoms with Crippen molar-refractivity contribution in [2.45, 2.75) is 19.4 Å². The zero-order valence-corrected chi connectivity index (χ0v) is 16.0. The van der Waals surface area contributed by atoms with Crippen molar-refractivity contribution in [3.05, 3.63) is 88.7 Å². The molecule has 0 spiro atoms. The van der Waals surface area contributed by atoms with Gasteiger partial charge in [-0.2, -0.15) is 0 Å². The summed E-state index contributed by atoms with van der Waals surface area (Å²) >= 11 is 5.92.